The third kappa shape index (κ3) is 2.71. The molecular weight excluding hydrogens is 204 g/mol. The summed E-state index contributed by atoms with van der Waals surface area (Å²) in [7, 11) is 3.04. The fraction of sp³-hybridized carbons (Fsp3) is 0.333. The van der Waals surface area contributed by atoms with Crippen LogP contribution >= 0.6 is 0 Å². The molecule has 1 rings (SSSR count). The number of ether oxygens (including phenoxy) is 2. The average molecular weight is 215 g/mol. The zero-order chi connectivity index (χ0) is 10.6. The van der Waals surface area contributed by atoms with Gasteiger partial charge in [-0.25, -0.2) is 0 Å². The molecule has 0 N–H and O–H groups in total. The van der Waals surface area contributed by atoms with E-state index in [1.807, 2.05) is 0 Å². The first-order chi connectivity index (χ1) is 6.67. The minimum atomic E-state index is -2.08. The van der Waals surface area contributed by atoms with Gasteiger partial charge in [-0.2, -0.15) is 0 Å². The van der Waals surface area contributed by atoms with Crippen molar-refractivity contribution in [3.8, 4) is 11.5 Å². The first kappa shape index (κ1) is 11.0. The molecule has 0 aliphatic heterocycles. The molecule has 78 valence electrons. The predicted molar refractivity (Wildman–Crippen MR) is 52.2 cm³/mol. The number of rotatable bonds is 4. The molecule has 0 spiro atoms. The monoisotopic (exact) mass is 215 g/mol. The maximum Gasteiger partial charge on any atom is 0.161 e. The fourth-order valence-corrected chi connectivity index (χ4v) is 1.56. The summed E-state index contributed by atoms with van der Waals surface area (Å²) in [4.78, 5) is 0. The van der Waals surface area contributed by atoms with Gasteiger partial charge in [0.25, 0.3) is 0 Å². The van der Waals surface area contributed by atoms with Crippen LogP contribution in [0.1, 0.15) is 5.56 Å². The van der Waals surface area contributed by atoms with Gasteiger partial charge in [0.15, 0.2) is 11.5 Å². The van der Waals surface area contributed by atoms with E-state index in [9.17, 15) is 8.76 Å². The second kappa shape index (κ2) is 4.97. The van der Waals surface area contributed by atoms with Crippen LogP contribution in [0.15, 0.2) is 18.2 Å². The summed E-state index contributed by atoms with van der Waals surface area (Å²) >= 11 is -2.08. The minimum absolute atomic E-state index is 0.0135. The molecule has 0 bridgehead atoms. The Morgan fingerprint density at radius 2 is 1.93 bits per heavy atom. The normalized spacial score (nSPS) is 12.2. The van der Waals surface area contributed by atoms with Gasteiger partial charge < -0.3 is 14.0 Å². The van der Waals surface area contributed by atoms with Gasteiger partial charge in [-0.15, -0.1) is 0 Å². The fourth-order valence-electron chi connectivity index (χ4n) is 1.11. The summed E-state index contributed by atoms with van der Waals surface area (Å²) < 4.78 is 31.0. The summed E-state index contributed by atoms with van der Waals surface area (Å²) in [5.41, 5.74) is 0.677. The van der Waals surface area contributed by atoms with Crippen LogP contribution in [0.5, 0.6) is 11.5 Å². The Kier molecular flexibility index (Phi) is 3.91. The predicted octanol–water partition coefficient (Wildman–Crippen LogP) is 1.08. The van der Waals surface area contributed by atoms with E-state index in [4.69, 9.17) is 9.47 Å². The van der Waals surface area contributed by atoms with Crippen molar-refractivity contribution in [2.75, 3.05) is 14.2 Å². The molecule has 0 saturated carbocycles. The summed E-state index contributed by atoms with van der Waals surface area (Å²) in [5, 5.41) is 0. The van der Waals surface area contributed by atoms with Crippen molar-refractivity contribution in [3.63, 3.8) is 0 Å². The van der Waals surface area contributed by atoms with Crippen LogP contribution in [0.4, 0.5) is 0 Å². The van der Waals surface area contributed by atoms with Gasteiger partial charge in [0, 0.05) is 5.75 Å². The Bertz CT molecular complexity index is 338. The Hall–Kier alpha value is -1.07. The molecule has 0 saturated heterocycles. The van der Waals surface area contributed by atoms with Crippen molar-refractivity contribution in [1.82, 2.24) is 0 Å². The third-order valence-electron chi connectivity index (χ3n) is 1.73. The standard InChI is InChI=1S/C9H12O4S/c1-12-8-4-3-7(6-14(10)11)5-9(8)13-2/h3-5H,6H2,1-2H3,(H,10,11)/p-1. The largest absolute Gasteiger partial charge is 0.772 e. The molecular formula is C9H11O4S-. The van der Waals surface area contributed by atoms with Crippen molar-refractivity contribution >= 4 is 11.1 Å². The van der Waals surface area contributed by atoms with Gasteiger partial charge in [0.1, 0.15) is 0 Å². The first-order valence-electron chi connectivity index (χ1n) is 3.94. The van der Waals surface area contributed by atoms with Gasteiger partial charge in [0.2, 0.25) is 0 Å². The molecule has 0 amide bonds. The molecule has 1 aromatic rings. The molecule has 0 fully saturated rings. The quantitative estimate of drug-likeness (QED) is 0.705. The van der Waals surface area contributed by atoms with Gasteiger partial charge in [-0.3, -0.25) is 4.21 Å². The van der Waals surface area contributed by atoms with E-state index in [-0.39, 0.29) is 5.75 Å². The molecule has 0 aromatic heterocycles. The van der Waals surface area contributed by atoms with Crippen molar-refractivity contribution in [2.24, 2.45) is 0 Å². The van der Waals surface area contributed by atoms with Crippen molar-refractivity contribution in [1.29, 1.82) is 0 Å². The lowest BCUT2D eigenvalue weighted by atomic mass is 10.2. The Labute approximate surface area is 85.1 Å². The molecule has 0 aliphatic rings. The zero-order valence-corrected chi connectivity index (χ0v) is 8.80. The lowest BCUT2D eigenvalue weighted by molar-refractivity contribution is 0.354. The lowest BCUT2D eigenvalue weighted by Crippen LogP contribution is -1.96. The van der Waals surface area contributed by atoms with Crippen LogP contribution < -0.4 is 9.47 Å². The maximum absolute atomic E-state index is 10.5. The highest BCUT2D eigenvalue weighted by molar-refractivity contribution is 7.78. The average Bonchev–Trinajstić information content (AvgIpc) is 2.16. The topological polar surface area (TPSA) is 58.6 Å². The highest BCUT2D eigenvalue weighted by Gasteiger charge is 2.03. The Balaban J connectivity index is 2.95. The summed E-state index contributed by atoms with van der Waals surface area (Å²) in [6.45, 7) is 0. The molecule has 4 nitrogen and oxygen atoms in total. The van der Waals surface area contributed by atoms with Crippen LogP contribution in [0, 0.1) is 0 Å². The first-order valence-corrected chi connectivity index (χ1v) is 5.18. The molecule has 5 heteroatoms. The number of methoxy groups -OCH3 is 2. The highest BCUT2D eigenvalue weighted by atomic mass is 32.2. The van der Waals surface area contributed by atoms with E-state index in [0.29, 0.717) is 17.1 Å². The van der Waals surface area contributed by atoms with E-state index in [2.05, 4.69) is 0 Å². The van der Waals surface area contributed by atoms with Gasteiger partial charge in [-0.1, -0.05) is 17.1 Å². The molecule has 1 atom stereocenters. The van der Waals surface area contributed by atoms with Crippen molar-refractivity contribution in [2.45, 2.75) is 5.75 Å². The molecule has 0 radical (unpaired) electrons. The third-order valence-corrected chi connectivity index (χ3v) is 2.30. The van der Waals surface area contributed by atoms with E-state index in [0.717, 1.165) is 0 Å². The number of hydrogen-bond acceptors (Lipinski definition) is 4. The molecule has 14 heavy (non-hydrogen) atoms. The van der Waals surface area contributed by atoms with Gasteiger partial charge in [-0.05, 0) is 17.7 Å². The number of benzene rings is 1. The Morgan fingerprint density at radius 1 is 1.29 bits per heavy atom. The second-order valence-corrected chi connectivity index (χ2v) is 3.53. The SMILES string of the molecule is COc1ccc(CS(=O)[O-])cc1OC. The molecule has 1 unspecified atom stereocenters. The maximum atomic E-state index is 10.5. The summed E-state index contributed by atoms with van der Waals surface area (Å²) in [5.74, 6) is 1.11. The van der Waals surface area contributed by atoms with Gasteiger partial charge >= 0.3 is 0 Å². The van der Waals surface area contributed by atoms with E-state index in [1.54, 1.807) is 18.2 Å². The minimum Gasteiger partial charge on any atom is -0.772 e. The lowest BCUT2D eigenvalue weighted by Gasteiger charge is -2.10. The van der Waals surface area contributed by atoms with Crippen LogP contribution in [-0.4, -0.2) is 23.0 Å². The van der Waals surface area contributed by atoms with Gasteiger partial charge in [0.05, 0.1) is 14.2 Å². The molecule has 1 aromatic carbocycles. The highest BCUT2D eigenvalue weighted by Crippen LogP contribution is 2.27. The molecule has 0 aliphatic carbocycles. The summed E-state index contributed by atoms with van der Waals surface area (Å²) in [6.07, 6.45) is 0. The number of hydrogen-bond donors (Lipinski definition) is 0. The Morgan fingerprint density at radius 3 is 2.43 bits per heavy atom. The van der Waals surface area contributed by atoms with Crippen LogP contribution in [0.25, 0.3) is 0 Å². The van der Waals surface area contributed by atoms with Crippen LogP contribution in [0.2, 0.25) is 0 Å². The van der Waals surface area contributed by atoms with Crippen LogP contribution in [0.3, 0.4) is 0 Å². The molecule has 0 heterocycles. The van der Waals surface area contributed by atoms with Crippen molar-refractivity contribution < 1.29 is 18.2 Å². The smallest absolute Gasteiger partial charge is 0.161 e. The van der Waals surface area contributed by atoms with E-state index >= 15 is 0 Å². The van der Waals surface area contributed by atoms with Crippen molar-refractivity contribution in [3.05, 3.63) is 23.8 Å². The van der Waals surface area contributed by atoms with Crippen LogP contribution in [-0.2, 0) is 16.8 Å². The zero-order valence-electron chi connectivity index (χ0n) is 7.98. The van der Waals surface area contributed by atoms with E-state index in [1.165, 1.54) is 14.2 Å². The summed E-state index contributed by atoms with van der Waals surface area (Å²) in [6, 6.07) is 5.02. The van der Waals surface area contributed by atoms with E-state index < -0.39 is 11.1 Å². The second-order valence-electron chi connectivity index (χ2n) is 2.64.